The third-order valence-electron chi connectivity index (χ3n) is 8.05. The van der Waals surface area contributed by atoms with Crippen molar-refractivity contribution in [1.29, 1.82) is 0 Å². The number of imidazole rings is 1. The van der Waals surface area contributed by atoms with Gasteiger partial charge in [-0.25, -0.2) is 0 Å². The summed E-state index contributed by atoms with van der Waals surface area (Å²) >= 11 is 0. The Morgan fingerprint density at radius 1 is 0.667 bits per heavy atom. The normalized spacial score (nSPS) is 12.9. The number of hydrogen-bond donors (Lipinski definition) is 1. The van der Waals surface area contributed by atoms with Crippen LogP contribution in [0.15, 0.2) is 140 Å². The summed E-state index contributed by atoms with van der Waals surface area (Å²) in [6.45, 7) is 0. The molecule has 5 aromatic carbocycles. The van der Waals surface area contributed by atoms with Gasteiger partial charge in [0.2, 0.25) is 6.33 Å². The van der Waals surface area contributed by atoms with E-state index in [0.29, 0.717) is 5.69 Å². The van der Waals surface area contributed by atoms with Crippen molar-refractivity contribution in [3.05, 3.63) is 169 Å². The fourth-order valence-electron chi connectivity index (χ4n) is 6.32. The van der Waals surface area contributed by atoms with Crippen LogP contribution in [0, 0.1) is 12.4 Å². The topological polar surface area (TPSA) is 41.9 Å². The van der Waals surface area contributed by atoms with Crippen molar-refractivity contribution in [3.8, 4) is 33.8 Å². The number of aromatic hydroxyl groups is 1. The average Bonchev–Trinajstić information content (AvgIpc) is 3.56. The van der Waals surface area contributed by atoms with Crippen LogP contribution in [0.5, 0.6) is 5.75 Å². The Balaban J connectivity index is 0.00000288. The molecule has 0 saturated carbocycles. The minimum Gasteiger partial charge on any atom is -0.513 e. The Morgan fingerprint density at radius 2 is 1.33 bits per heavy atom. The molecule has 8 rings (SSSR count). The predicted molar refractivity (Wildman–Crippen MR) is 160 cm³/mol. The summed E-state index contributed by atoms with van der Waals surface area (Å²) in [7, 11) is 0. The number of rotatable bonds is 4. The van der Waals surface area contributed by atoms with E-state index in [1.165, 1.54) is 11.1 Å². The molecule has 202 valence electrons. The number of phenolic OH excluding ortho intramolecular Hbond substituents is 1. The van der Waals surface area contributed by atoms with Crippen molar-refractivity contribution in [2.45, 2.75) is 5.54 Å². The third kappa shape index (κ3) is 3.72. The second-order valence-electron chi connectivity index (χ2n) is 10.2. The summed E-state index contributed by atoms with van der Waals surface area (Å²) in [5.74, 6) is 0.192. The van der Waals surface area contributed by atoms with Crippen molar-refractivity contribution < 1.29 is 30.7 Å². The van der Waals surface area contributed by atoms with E-state index in [4.69, 9.17) is 4.98 Å². The van der Waals surface area contributed by atoms with Crippen LogP contribution in [0.1, 0.15) is 16.8 Å². The summed E-state index contributed by atoms with van der Waals surface area (Å²) in [4.78, 5) is 5.35. The van der Waals surface area contributed by atoms with Crippen molar-refractivity contribution in [1.82, 2.24) is 9.55 Å². The Labute approximate surface area is 258 Å². The zero-order valence-corrected chi connectivity index (χ0v) is 24.7. The molecule has 1 aliphatic rings. The molecule has 1 N–H and O–H groups in total. The molecule has 42 heavy (non-hydrogen) atoms. The Kier molecular flexibility index (Phi) is 6.37. The van der Waals surface area contributed by atoms with Crippen LogP contribution in [-0.2, 0) is 26.6 Å². The summed E-state index contributed by atoms with van der Waals surface area (Å²) in [6.07, 6.45) is 3.69. The van der Waals surface area contributed by atoms with Gasteiger partial charge in [0.25, 0.3) is 0 Å². The van der Waals surface area contributed by atoms with Gasteiger partial charge in [-0.05, 0) is 29.0 Å². The third-order valence-corrected chi connectivity index (χ3v) is 8.05. The maximum Gasteiger partial charge on any atom is 2.00 e. The minimum atomic E-state index is -0.826. The fourth-order valence-corrected chi connectivity index (χ4v) is 6.32. The molecule has 0 atom stereocenters. The van der Waals surface area contributed by atoms with Crippen molar-refractivity contribution in [3.63, 3.8) is 0 Å². The van der Waals surface area contributed by atoms with Crippen LogP contribution in [0.4, 0.5) is 0 Å². The standard InChI is InChI=1S/C37H24N3O.Pt/c41-35-23-11-10-22-34(35)39-25-40(33-21-9-8-20-32(33)39)37(36-24-12-19-31(38-36)26-13-2-1-3-14-26)29-17-6-4-15-27(29)28-16-5-7-18-30(28)37;/h1-13,15-24,41H;/q-1;+2. The van der Waals surface area contributed by atoms with Crippen LogP contribution >= 0.6 is 0 Å². The van der Waals surface area contributed by atoms with E-state index >= 15 is 0 Å². The van der Waals surface area contributed by atoms with E-state index in [-0.39, 0.29) is 26.8 Å². The van der Waals surface area contributed by atoms with E-state index in [1.807, 2.05) is 65.2 Å². The van der Waals surface area contributed by atoms with Crippen molar-refractivity contribution in [2.24, 2.45) is 0 Å². The minimum absolute atomic E-state index is 0. The zero-order chi connectivity index (χ0) is 27.4. The molecule has 4 nitrogen and oxygen atoms in total. The molecule has 0 amide bonds. The van der Waals surface area contributed by atoms with Crippen molar-refractivity contribution >= 4 is 11.0 Å². The van der Waals surface area contributed by atoms with E-state index in [0.717, 1.165) is 39.1 Å². The van der Waals surface area contributed by atoms with Gasteiger partial charge in [-0.3, -0.25) is 9.55 Å². The Morgan fingerprint density at radius 3 is 2.07 bits per heavy atom. The molecule has 7 aromatic rings. The number of benzene rings is 5. The number of pyridine rings is 1. The van der Waals surface area contributed by atoms with Crippen LogP contribution < -0.4 is 4.57 Å². The first kappa shape index (κ1) is 26.1. The molecule has 0 saturated heterocycles. The van der Waals surface area contributed by atoms with E-state index in [1.54, 1.807) is 6.07 Å². The number of hydrogen-bond acceptors (Lipinski definition) is 2. The van der Waals surface area contributed by atoms with E-state index in [2.05, 4.69) is 89.8 Å². The van der Waals surface area contributed by atoms with Crippen LogP contribution in [0.3, 0.4) is 0 Å². The van der Waals surface area contributed by atoms with Gasteiger partial charge in [0.05, 0.1) is 22.4 Å². The summed E-state index contributed by atoms with van der Waals surface area (Å²) in [5.41, 5.74) is 9.02. The SMILES string of the molecule is Oc1ccccc1-n1[c-][n+](C2(c3cccc(-c4[c-]cccc4)n3)c3ccccc3-c3ccccc32)c2ccccc21.[Pt+2]. The maximum absolute atomic E-state index is 10.9. The number of para-hydroxylation sites is 4. The number of aromatic nitrogens is 3. The van der Waals surface area contributed by atoms with E-state index < -0.39 is 5.54 Å². The van der Waals surface area contributed by atoms with Gasteiger partial charge in [0.1, 0.15) is 5.75 Å². The van der Waals surface area contributed by atoms with Gasteiger partial charge >= 0.3 is 21.1 Å². The fraction of sp³-hybridized carbons (Fsp3) is 0.0270. The molecule has 2 heterocycles. The second kappa shape index (κ2) is 10.2. The van der Waals surface area contributed by atoms with Gasteiger partial charge < -0.3 is 9.67 Å². The van der Waals surface area contributed by atoms with Gasteiger partial charge in [0, 0.05) is 11.1 Å². The van der Waals surface area contributed by atoms with Crippen molar-refractivity contribution in [2.75, 3.05) is 0 Å². The largest absolute Gasteiger partial charge is 2.00 e. The predicted octanol–water partition coefficient (Wildman–Crippen LogP) is 7.10. The van der Waals surface area contributed by atoms with Gasteiger partial charge in [-0.1, -0.05) is 103 Å². The number of phenols is 1. The smallest absolute Gasteiger partial charge is 0.513 e. The molecular weight excluding hydrogens is 698 g/mol. The van der Waals surface area contributed by atoms with Gasteiger partial charge in [-0.2, -0.15) is 0 Å². The quantitative estimate of drug-likeness (QED) is 0.156. The number of fused-ring (bicyclic) bond motifs is 4. The summed E-state index contributed by atoms with van der Waals surface area (Å²) in [6, 6.07) is 50.3. The molecule has 0 unspecified atom stereocenters. The molecule has 5 heteroatoms. The molecule has 2 aromatic heterocycles. The van der Waals surface area contributed by atoms with Gasteiger partial charge in [0.15, 0.2) is 5.54 Å². The second-order valence-corrected chi connectivity index (χ2v) is 10.2. The molecule has 1 aliphatic carbocycles. The Hall–Kier alpha value is -4.79. The maximum atomic E-state index is 10.9. The van der Waals surface area contributed by atoms with Crippen LogP contribution in [-0.4, -0.2) is 14.7 Å². The average molecular weight is 722 g/mol. The first-order valence-corrected chi connectivity index (χ1v) is 13.6. The number of nitrogens with zero attached hydrogens (tertiary/aromatic N) is 3. The first-order valence-electron chi connectivity index (χ1n) is 13.6. The molecule has 0 radical (unpaired) electrons. The monoisotopic (exact) mass is 721 g/mol. The van der Waals surface area contributed by atoms with Crippen LogP contribution in [0.2, 0.25) is 0 Å². The summed E-state index contributed by atoms with van der Waals surface area (Å²) < 4.78 is 4.16. The molecule has 0 aliphatic heterocycles. The molecule has 0 fully saturated rings. The molecule has 0 bridgehead atoms. The zero-order valence-electron chi connectivity index (χ0n) is 22.4. The molecular formula is C37H24N3OPt+. The molecule has 0 spiro atoms. The Bertz CT molecular complexity index is 2040. The first-order chi connectivity index (χ1) is 20.3. The van der Waals surface area contributed by atoms with Crippen LogP contribution in [0.25, 0.3) is 39.1 Å². The van der Waals surface area contributed by atoms with Gasteiger partial charge in [-0.15, -0.1) is 35.9 Å². The summed E-state index contributed by atoms with van der Waals surface area (Å²) in [5, 5.41) is 10.9. The van der Waals surface area contributed by atoms with E-state index in [9.17, 15) is 5.11 Å².